The van der Waals surface area contributed by atoms with E-state index in [1.165, 1.54) is 25.7 Å². The first-order valence-electron chi connectivity index (χ1n) is 4.67. The third kappa shape index (κ3) is 10.7. The minimum atomic E-state index is 0. The molecule has 0 rings (SSSR count). The first kappa shape index (κ1) is 16.2. The van der Waals surface area contributed by atoms with E-state index in [4.69, 9.17) is 12.2 Å². The molecular weight excluding hydrogens is 242 g/mol. The smallest absolute Gasteiger partial charge is 0.130 e. The Morgan fingerprint density at radius 1 is 1.46 bits per heavy atom. The van der Waals surface area contributed by atoms with Crippen molar-refractivity contribution in [2.45, 2.75) is 39.5 Å². The topological polar surface area (TPSA) is 12.0 Å². The van der Waals surface area contributed by atoms with Gasteiger partial charge < -0.3 is 5.32 Å². The molecule has 0 amide bonds. The van der Waals surface area contributed by atoms with Crippen molar-refractivity contribution in [3.8, 4) is 0 Å². The summed E-state index contributed by atoms with van der Waals surface area (Å²) in [5.41, 5.74) is 0. The first-order chi connectivity index (χ1) is 5.70. The van der Waals surface area contributed by atoms with Crippen LogP contribution in [0.5, 0.6) is 0 Å². The molecule has 0 fully saturated rings. The molecule has 1 nitrogen and oxygen atoms in total. The van der Waals surface area contributed by atoms with Crippen LogP contribution < -0.4 is 5.32 Å². The molecule has 0 aliphatic heterocycles. The molecular formula is C9H19FeNS2. The van der Waals surface area contributed by atoms with Gasteiger partial charge in [-0.1, -0.05) is 45.3 Å². The number of rotatable bonds is 6. The maximum absolute atomic E-state index is 4.83. The maximum atomic E-state index is 4.83. The molecule has 4 heteroatoms. The first-order valence-corrected chi connectivity index (χ1v) is 5.53. The minimum absolute atomic E-state index is 0. The number of unbranched alkanes of at least 4 members (excludes halogenated alkanes) is 1. The second-order valence-electron chi connectivity index (χ2n) is 3.10. The van der Waals surface area contributed by atoms with Crippen LogP contribution in [-0.4, -0.2) is 10.9 Å². The molecule has 1 unspecified atom stereocenters. The summed E-state index contributed by atoms with van der Waals surface area (Å²) in [4.78, 5) is 0. The number of hydrogen-bond donors (Lipinski definition) is 2. The second-order valence-corrected chi connectivity index (χ2v) is 4.26. The molecule has 0 aliphatic carbocycles. The minimum Gasteiger partial charge on any atom is -0.371 e. The Balaban J connectivity index is 0. The average Bonchev–Trinajstić information content (AvgIpc) is 2.05. The van der Waals surface area contributed by atoms with Crippen molar-refractivity contribution in [1.29, 1.82) is 0 Å². The molecule has 0 aromatic heterocycles. The molecule has 0 aromatic carbocycles. The summed E-state index contributed by atoms with van der Waals surface area (Å²) in [6.07, 6.45) is 5.13. The molecule has 0 saturated carbocycles. The summed E-state index contributed by atoms with van der Waals surface area (Å²) in [6, 6.07) is 0. The molecule has 0 radical (unpaired) electrons. The van der Waals surface area contributed by atoms with Crippen molar-refractivity contribution in [2.75, 3.05) is 6.54 Å². The Morgan fingerprint density at radius 3 is 2.46 bits per heavy atom. The van der Waals surface area contributed by atoms with E-state index in [-0.39, 0.29) is 17.1 Å². The van der Waals surface area contributed by atoms with Gasteiger partial charge >= 0.3 is 0 Å². The van der Waals surface area contributed by atoms with E-state index < -0.39 is 0 Å². The van der Waals surface area contributed by atoms with Crippen LogP contribution in [0.2, 0.25) is 0 Å². The van der Waals surface area contributed by atoms with Gasteiger partial charge in [-0.15, -0.1) is 12.6 Å². The average molecular weight is 261 g/mol. The van der Waals surface area contributed by atoms with Crippen molar-refractivity contribution in [3.63, 3.8) is 0 Å². The molecule has 0 aromatic rings. The van der Waals surface area contributed by atoms with E-state index >= 15 is 0 Å². The Bertz CT molecular complexity index is 131. The molecule has 1 atom stereocenters. The van der Waals surface area contributed by atoms with Crippen molar-refractivity contribution in [2.24, 2.45) is 5.92 Å². The number of thiocarbonyl (C=S) groups is 1. The summed E-state index contributed by atoms with van der Waals surface area (Å²) in [5.74, 6) is 0.759. The molecule has 1 N–H and O–H groups in total. The van der Waals surface area contributed by atoms with Crippen LogP contribution in [-0.2, 0) is 17.1 Å². The van der Waals surface area contributed by atoms with Crippen molar-refractivity contribution >= 4 is 29.2 Å². The van der Waals surface area contributed by atoms with Crippen LogP contribution in [0.1, 0.15) is 39.5 Å². The van der Waals surface area contributed by atoms with E-state index in [0.29, 0.717) is 4.32 Å². The van der Waals surface area contributed by atoms with Crippen LogP contribution in [0.15, 0.2) is 0 Å². The Hall–Kier alpha value is 0.759. The largest absolute Gasteiger partial charge is 0.371 e. The molecule has 0 bridgehead atoms. The standard InChI is InChI=1S/C9H19NS2.Fe/c1-3-5-6-8(4-2)7-10-9(11)12;/h8H,3-7H2,1-2H3,(H2,10,11,12);. The fourth-order valence-electron chi connectivity index (χ4n) is 1.17. The quantitative estimate of drug-likeness (QED) is 0.433. The van der Waals surface area contributed by atoms with Gasteiger partial charge in [-0.25, -0.2) is 0 Å². The zero-order valence-corrected chi connectivity index (χ0v) is 11.1. The van der Waals surface area contributed by atoms with E-state index in [9.17, 15) is 0 Å². The van der Waals surface area contributed by atoms with Gasteiger partial charge in [0.15, 0.2) is 0 Å². The van der Waals surface area contributed by atoms with Crippen LogP contribution in [0.25, 0.3) is 0 Å². The predicted molar refractivity (Wildman–Crippen MR) is 62.9 cm³/mol. The maximum Gasteiger partial charge on any atom is 0.130 e. The van der Waals surface area contributed by atoms with Gasteiger partial charge in [0.05, 0.1) is 0 Å². The zero-order chi connectivity index (χ0) is 9.40. The van der Waals surface area contributed by atoms with Crippen LogP contribution in [0, 0.1) is 5.92 Å². The van der Waals surface area contributed by atoms with E-state index in [0.717, 1.165) is 12.5 Å². The number of hydrogen-bond acceptors (Lipinski definition) is 1. The summed E-state index contributed by atoms with van der Waals surface area (Å²) in [5, 5.41) is 3.10. The monoisotopic (exact) mass is 261 g/mol. The normalized spacial score (nSPS) is 11.6. The van der Waals surface area contributed by atoms with Crippen molar-refractivity contribution < 1.29 is 17.1 Å². The fourth-order valence-corrected chi connectivity index (χ4v) is 1.35. The third-order valence-electron chi connectivity index (χ3n) is 2.09. The molecule has 13 heavy (non-hydrogen) atoms. The van der Waals surface area contributed by atoms with E-state index in [2.05, 4.69) is 31.8 Å². The Morgan fingerprint density at radius 2 is 2.08 bits per heavy atom. The van der Waals surface area contributed by atoms with E-state index in [1.54, 1.807) is 0 Å². The third-order valence-corrected chi connectivity index (χ3v) is 2.39. The van der Waals surface area contributed by atoms with Gasteiger partial charge in [-0.3, -0.25) is 0 Å². The van der Waals surface area contributed by atoms with Crippen LogP contribution >= 0.6 is 24.8 Å². The van der Waals surface area contributed by atoms with Crippen molar-refractivity contribution in [1.82, 2.24) is 5.32 Å². The predicted octanol–water partition coefficient (Wildman–Crippen LogP) is 3.00. The van der Waals surface area contributed by atoms with E-state index in [1.807, 2.05) is 0 Å². The van der Waals surface area contributed by atoms with Crippen LogP contribution in [0.3, 0.4) is 0 Å². The zero-order valence-electron chi connectivity index (χ0n) is 8.32. The Kier molecular flexibility index (Phi) is 13.5. The molecule has 0 spiro atoms. The second kappa shape index (κ2) is 10.8. The van der Waals surface area contributed by atoms with Gasteiger partial charge in [-0.2, -0.15) is 0 Å². The molecule has 0 aliphatic rings. The van der Waals surface area contributed by atoms with Crippen molar-refractivity contribution in [3.05, 3.63) is 0 Å². The summed E-state index contributed by atoms with van der Waals surface area (Å²) < 4.78 is 0.616. The van der Waals surface area contributed by atoms with Gasteiger partial charge in [0, 0.05) is 23.6 Å². The molecule has 0 saturated heterocycles. The van der Waals surface area contributed by atoms with Gasteiger partial charge in [0.25, 0.3) is 0 Å². The van der Waals surface area contributed by atoms with Gasteiger partial charge in [0.2, 0.25) is 0 Å². The summed E-state index contributed by atoms with van der Waals surface area (Å²) >= 11 is 8.85. The number of nitrogens with one attached hydrogen (secondary N) is 1. The number of thiol groups is 1. The molecule has 0 heterocycles. The molecule has 80 valence electrons. The van der Waals surface area contributed by atoms with Crippen LogP contribution in [0.4, 0.5) is 0 Å². The van der Waals surface area contributed by atoms with Gasteiger partial charge in [-0.05, 0) is 12.3 Å². The SMILES string of the molecule is CCCCC(CC)CNC(=S)S.[Fe]. The Labute approximate surface area is 103 Å². The fraction of sp³-hybridized carbons (Fsp3) is 0.889. The van der Waals surface area contributed by atoms with Gasteiger partial charge in [0.1, 0.15) is 4.32 Å². The summed E-state index contributed by atoms with van der Waals surface area (Å²) in [7, 11) is 0. The summed E-state index contributed by atoms with van der Waals surface area (Å²) in [6.45, 7) is 5.44.